The highest BCUT2D eigenvalue weighted by molar-refractivity contribution is 5.92. The summed E-state index contributed by atoms with van der Waals surface area (Å²) in [5.41, 5.74) is 0.455. The number of fused-ring (bicyclic) bond motifs is 1. The molecule has 0 aliphatic rings. The highest BCUT2D eigenvalue weighted by Crippen LogP contribution is 2.31. The molecule has 3 rings (SSSR count). The Morgan fingerprint density at radius 2 is 1.92 bits per heavy atom. The van der Waals surface area contributed by atoms with Crippen LogP contribution in [0.3, 0.4) is 0 Å². The van der Waals surface area contributed by atoms with E-state index in [0.717, 1.165) is 17.2 Å². The highest BCUT2D eigenvalue weighted by atomic mass is 19.4. The van der Waals surface area contributed by atoms with Crippen LogP contribution in [0.4, 0.5) is 13.2 Å². The van der Waals surface area contributed by atoms with Crippen LogP contribution in [-0.4, -0.2) is 39.5 Å². The number of carbonyl (C=O) groups excluding carboxylic acids is 1. The number of benzene rings is 1. The Morgan fingerprint density at radius 3 is 2.52 bits per heavy atom. The number of hydroxylamine groups is 2. The van der Waals surface area contributed by atoms with Crippen molar-refractivity contribution in [1.29, 1.82) is 0 Å². The zero-order valence-electron chi connectivity index (χ0n) is 13.3. The Morgan fingerprint density at radius 1 is 1.24 bits per heavy atom. The molecule has 0 aliphatic carbocycles. The maximum Gasteiger partial charge on any atom is 0.416 e. The predicted molar refractivity (Wildman–Crippen MR) is 82.5 cm³/mol. The topological polar surface area (TPSA) is 59.7 Å². The Bertz CT molecular complexity index is 919. The lowest BCUT2D eigenvalue weighted by atomic mass is 10.1. The highest BCUT2D eigenvalue weighted by Gasteiger charge is 2.30. The second-order valence-corrected chi connectivity index (χ2v) is 5.19. The maximum atomic E-state index is 12.7. The summed E-state index contributed by atoms with van der Waals surface area (Å²) >= 11 is 0. The zero-order chi connectivity index (χ0) is 18.2. The van der Waals surface area contributed by atoms with Crippen molar-refractivity contribution in [3.05, 3.63) is 54.1 Å². The fraction of sp³-hybridized carbons (Fsp3) is 0.188. The number of imidazole rings is 1. The van der Waals surface area contributed by atoms with Gasteiger partial charge in [-0.1, -0.05) is 12.1 Å². The lowest BCUT2D eigenvalue weighted by molar-refractivity contribution is -0.137. The summed E-state index contributed by atoms with van der Waals surface area (Å²) in [6.45, 7) is 0. The molecule has 1 aromatic carbocycles. The van der Waals surface area contributed by atoms with E-state index < -0.39 is 17.6 Å². The summed E-state index contributed by atoms with van der Waals surface area (Å²) in [4.78, 5) is 25.5. The van der Waals surface area contributed by atoms with Crippen LogP contribution in [0, 0.1) is 0 Å². The molecule has 0 N–H and O–H groups in total. The number of nitrogens with zero attached hydrogens (tertiary/aromatic N) is 4. The van der Waals surface area contributed by atoms with Gasteiger partial charge in [-0.2, -0.15) is 13.2 Å². The van der Waals surface area contributed by atoms with E-state index in [9.17, 15) is 18.0 Å². The Labute approximate surface area is 140 Å². The molecule has 9 heteroatoms. The number of hydrogen-bond acceptors (Lipinski definition) is 4. The first kappa shape index (κ1) is 16.9. The van der Waals surface area contributed by atoms with Gasteiger partial charge in [-0.25, -0.2) is 15.0 Å². The first-order valence-electron chi connectivity index (χ1n) is 7.15. The molecule has 3 aromatic rings. The van der Waals surface area contributed by atoms with E-state index in [1.165, 1.54) is 38.7 Å². The van der Waals surface area contributed by atoms with E-state index >= 15 is 0 Å². The van der Waals surface area contributed by atoms with Gasteiger partial charge in [0.05, 0.1) is 12.7 Å². The number of aromatic nitrogens is 3. The van der Waals surface area contributed by atoms with E-state index in [0.29, 0.717) is 16.9 Å². The fourth-order valence-corrected chi connectivity index (χ4v) is 2.29. The molecule has 0 saturated carbocycles. The van der Waals surface area contributed by atoms with Crippen molar-refractivity contribution in [3.8, 4) is 11.3 Å². The van der Waals surface area contributed by atoms with Crippen molar-refractivity contribution in [1.82, 2.24) is 19.4 Å². The minimum Gasteiger partial charge on any atom is -0.303 e. The number of carbonyl (C=O) groups is 1. The second-order valence-electron chi connectivity index (χ2n) is 5.19. The minimum atomic E-state index is -4.42. The first-order chi connectivity index (χ1) is 11.8. The van der Waals surface area contributed by atoms with Gasteiger partial charge >= 0.3 is 6.18 Å². The first-order valence-corrected chi connectivity index (χ1v) is 7.15. The summed E-state index contributed by atoms with van der Waals surface area (Å²) in [6.07, 6.45) is 0.189. The standard InChI is InChI=1S/C16H13F3N4O2/c1-22(25-2)15(24)12-9-23-8-7-20-14(23)13(21-12)10-3-5-11(6-4-10)16(17,18)19/h3-9H,1-2H3. The number of amides is 1. The fourth-order valence-electron chi connectivity index (χ4n) is 2.29. The third-order valence-corrected chi connectivity index (χ3v) is 3.64. The average Bonchev–Trinajstić information content (AvgIpc) is 3.07. The molecular weight excluding hydrogens is 337 g/mol. The molecule has 0 saturated heterocycles. The predicted octanol–water partition coefficient (Wildman–Crippen LogP) is 3.05. The Hall–Kier alpha value is -2.94. The molecule has 130 valence electrons. The van der Waals surface area contributed by atoms with Gasteiger partial charge in [-0.15, -0.1) is 0 Å². The smallest absolute Gasteiger partial charge is 0.303 e. The van der Waals surface area contributed by atoms with E-state index in [-0.39, 0.29) is 5.69 Å². The van der Waals surface area contributed by atoms with Crippen molar-refractivity contribution >= 4 is 11.6 Å². The van der Waals surface area contributed by atoms with Gasteiger partial charge in [-0.3, -0.25) is 9.63 Å². The second kappa shape index (κ2) is 6.17. The van der Waals surface area contributed by atoms with Crippen LogP contribution < -0.4 is 0 Å². The zero-order valence-corrected chi connectivity index (χ0v) is 13.3. The van der Waals surface area contributed by atoms with Crippen LogP contribution in [0.15, 0.2) is 42.9 Å². The minimum absolute atomic E-state index is 0.0738. The molecule has 0 spiro atoms. The molecule has 6 nitrogen and oxygen atoms in total. The molecule has 1 amide bonds. The van der Waals surface area contributed by atoms with Crippen LogP contribution in [0.1, 0.15) is 16.1 Å². The SMILES string of the molecule is CON(C)C(=O)c1cn2ccnc2c(-c2ccc(C(F)(F)F)cc2)n1. The van der Waals surface area contributed by atoms with Crippen molar-refractivity contribution in [3.63, 3.8) is 0 Å². The maximum absolute atomic E-state index is 12.7. The third kappa shape index (κ3) is 3.18. The van der Waals surface area contributed by atoms with Crippen LogP contribution in [0.2, 0.25) is 0 Å². The monoisotopic (exact) mass is 350 g/mol. The summed E-state index contributed by atoms with van der Waals surface area (Å²) < 4.78 is 39.8. The van der Waals surface area contributed by atoms with Crippen molar-refractivity contribution in [2.45, 2.75) is 6.18 Å². The Balaban J connectivity index is 2.12. The van der Waals surface area contributed by atoms with Crippen molar-refractivity contribution < 1.29 is 22.8 Å². The van der Waals surface area contributed by atoms with Gasteiger partial charge in [-0.05, 0) is 12.1 Å². The number of halogens is 3. The molecule has 0 unspecified atom stereocenters. The van der Waals surface area contributed by atoms with Crippen LogP contribution >= 0.6 is 0 Å². The van der Waals surface area contributed by atoms with Gasteiger partial charge < -0.3 is 4.40 Å². The van der Waals surface area contributed by atoms with Crippen LogP contribution in [0.5, 0.6) is 0 Å². The molecule has 2 aromatic heterocycles. The lowest BCUT2D eigenvalue weighted by Crippen LogP contribution is -2.26. The van der Waals surface area contributed by atoms with Crippen molar-refractivity contribution in [2.75, 3.05) is 14.2 Å². The quantitative estimate of drug-likeness (QED) is 0.681. The molecule has 0 fully saturated rings. The number of hydrogen-bond donors (Lipinski definition) is 0. The van der Waals surface area contributed by atoms with Crippen LogP contribution in [-0.2, 0) is 11.0 Å². The van der Waals surface area contributed by atoms with Crippen molar-refractivity contribution in [2.24, 2.45) is 0 Å². The van der Waals surface area contributed by atoms with Gasteiger partial charge in [0.15, 0.2) is 5.65 Å². The molecule has 0 aliphatic heterocycles. The third-order valence-electron chi connectivity index (χ3n) is 3.64. The number of alkyl halides is 3. The molecule has 2 heterocycles. The summed E-state index contributed by atoms with van der Waals surface area (Å²) in [6, 6.07) is 4.53. The van der Waals surface area contributed by atoms with Gasteiger partial charge in [0.1, 0.15) is 11.4 Å². The van der Waals surface area contributed by atoms with E-state index in [1.807, 2.05) is 0 Å². The molecular formula is C16H13F3N4O2. The summed E-state index contributed by atoms with van der Waals surface area (Å²) in [5, 5.41) is 1.00. The normalized spacial score (nSPS) is 11.7. The summed E-state index contributed by atoms with van der Waals surface area (Å²) in [5.74, 6) is -0.494. The van der Waals surface area contributed by atoms with E-state index in [2.05, 4.69) is 9.97 Å². The molecule has 0 radical (unpaired) electrons. The lowest BCUT2D eigenvalue weighted by Gasteiger charge is -2.14. The molecule has 25 heavy (non-hydrogen) atoms. The largest absolute Gasteiger partial charge is 0.416 e. The number of rotatable bonds is 3. The summed E-state index contributed by atoms with van der Waals surface area (Å²) in [7, 11) is 2.77. The van der Waals surface area contributed by atoms with E-state index in [1.54, 1.807) is 10.6 Å². The average molecular weight is 350 g/mol. The Kier molecular flexibility index (Phi) is 4.17. The van der Waals surface area contributed by atoms with Gasteiger partial charge in [0.2, 0.25) is 0 Å². The van der Waals surface area contributed by atoms with Gasteiger partial charge in [0, 0.05) is 31.2 Å². The molecule has 0 atom stereocenters. The van der Waals surface area contributed by atoms with Crippen LogP contribution in [0.25, 0.3) is 16.9 Å². The van der Waals surface area contributed by atoms with E-state index in [4.69, 9.17) is 4.84 Å². The van der Waals surface area contributed by atoms with Gasteiger partial charge in [0.25, 0.3) is 5.91 Å². The molecule has 0 bridgehead atoms.